The van der Waals surface area contributed by atoms with Gasteiger partial charge in [-0.25, -0.2) is 0 Å². The molecule has 5 heteroatoms. The minimum atomic E-state index is -0.977. The van der Waals surface area contributed by atoms with Gasteiger partial charge >= 0.3 is 5.97 Å². The molecule has 0 saturated heterocycles. The molecule has 4 nitrogen and oxygen atoms in total. The van der Waals surface area contributed by atoms with Crippen molar-refractivity contribution in [2.75, 3.05) is 6.54 Å². The van der Waals surface area contributed by atoms with E-state index in [-0.39, 0.29) is 18.5 Å². The van der Waals surface area contributed by atoms with E-state index in [9.17, 15) is 9.59 Å². The molecule has 0 unspecified atom stereocenters. The number of aliphatic carboxylic acids is 1. The van der Waals surface area contributed by atoms with Crippen LogP contribution in [0.1, 0.15) is 18.4 Å². The highest BCUT2D eigenvalue weighted by molar-refractivity contribution is 9.10. The molecule has 1 amide bonds. The zero-order valence-corrected chi connectivity index (χ0v) is 11.8. The topological polar surface area (TPSA) is 57.6 Å². The number of carboxylic acids is 1. The summed E-state index contributed by atoms with van der Waals surface area (Å²) in [6, 6.07) is 7.63. The summed E-state index contributed by atoms with van der Waals surface area (Å²) >= 11 is 3.39. The van der Waals surface area contributed by atoms with Gasteiger partial charge in [0.15, 0.2) is 0 Å². The van der Waals surface area contributed by atoms with Crippen LogP contribution in [0, 0.1) is 0 Å². The molecule has 100 valence electrons. The SMILES string of the molecule is O=C(O)CN(C(=O)/C=C/c1ccccc1Br)C1CC1. The highest BCUT2D eigenvalue weighted by atomic mass is 79.9. The molecule has 1 N–H and O–H groups in total. The Balaban J connectivity index is 2.06. The molecule has 0 aliphatic heterocycles. The molecule has 0 radical (unpaired) electrons. The Morgan fingerprint density at radius 3 is 2.63 bits per heavy atom. The van der Waals surface area contributed by atoms with Crippen LogP contribution in [0.15, 0.2) is 34.8 Å². The van der Waals surface area contributed by atoms with E-state index in [1.807, 2.05) is 24.3 Å². The highest BCUT2D eigenvalue weighted by Crippen LogP contribution is 2.27. The Morgan fingerprint density at radius 1 is 1.37 bits per heavy atom. The van der Waals surface area contributed by atoms with Crippen LogP contribution in [0.5, 0.6) is 0 Å². The van der Waals surface area contributed by atoms with Gasteiger partial charge in [-0.05, 0) is 30.5 Å². The van der Waals surface area contributed by atoms with Crippen LogP contribution < -0.4 is 0 Å². The van der Waals surface area contributed by atoms with Gasteiger partial charge in [-0.1, -0.05) is 34.1 Å². The average Bonchev–Trinajstić information content (AvgIpc) is 3.18. The number of benzene rings is 1. The number of hydrogen-bond donors (Lipinski definition) is 1. The van der Waals surface area contributed by atoms with E-state index in [1.165, 1.54) is 11.0 Å². The van der Waals surface area contributed by atoms with Crippen molar-refractivity contribution in [2.24, 2.45) is 0 Å². The number of carbonyl (C=O) groups is 2. The van der Waals surface area contributed by atoms with Crippen LogP contribution in [0.4, 0.5) is 0 Å². The van der Waals surface area contributed by atoms with Gasteiger partial charge in [-0.3, -0.25) is 9.59 Å². The second kappa shape index (κ2) is 6.02. The largest absolute Gasteiger partial charge is 0.480 e. The molecule has 0 atom stereocenters. The maximum Gasteiger partial charge on any atom is 0.323 e. The lowest BCUT2D eigenvalue weighted by atomic mass is 10.2. The molecular formula is C14H14BrNO3. The predicted molar refractivity (Wildman–Crippen MR) is 75.5 cm³/mol. The summed E-state index contributed by atoms with van der Waals surface area (Å²) in [5, 5.41) is 8.81. The summed E-state index contributed by atoms with van der Waals surface area (Å²) in [6.45, 7) is -0.232. The molecule has 1 aliphatic carbocycles. The molecule has 2 rings (SSSR count). The number of rotatable bonds is 5. The third kappa shape index (κ3) is 3.92. The fraction of sp³-hybridized carbons (Fsp3) is 0.286. The van der Waals surface area contributed by atoms with Gasteiger partial charge in [-0.2, -0.15) is 0 Å². The Labute approximate surface area is 119 Å². The van der Waals surface area contributed by atoms with Gasteiger partial charge in [-0.15, -0.1) is 0 Å². The van der Waals surface area contributed by atoms with Crippen molar-refractivity contribution in [1.29, 1.82) is 0 Å². The van der Waals surface area contributed by atoms with Crippen LogP contribution in [-0.2, 0) is 9.59 Å². The highest BCUT2D eigenvalue weighted by Gasteiger charge is 2.32. The molecular weight excluding hydrogens is 310 g/mol. The van der Waals surface area contributed by atoms with Gasteiger partial charge in [0.2, 0.25) is 5.91 Å². The van der Waals surface area contributed by atoms with Crippen LogP contribution in [-0.4, -0.2) is 34.5 Å². The molecule has 0 bridgehead atoms. The van der Waals surface area contributed by atoms with Crippen molar-refractivity contribution in [3.63, 3.8) is 0 Å². The molecule has 1 aromatic carbocycles. The smallest absolute Gasteiger partial charge is 0.323 e. The zero-order chi connectivity index (χ0) is 13.8. The van der Waals surface area contributed by atoms with Crippen LogP contribution in [0.25, 0.3) is 6.08 Å². The van der Waals surface area contributed by atoms with Gasteiger partial charge in [0.1, 0.15) is 6.54 Å². The summed E-state index contributed by atoms with van der Waals surface area (Å²) in [6.07, 6.45) is 4.91. The first-order chi connectivity index (χ1) is 9.08. The molecule has 19 heavy (non-hydrogen) atoms. The van der Waals surface area contributed by atoms with Gasteiger partial charge < -0.3 is 10.0 Å². The van der Waals surface area contributed by atoms with Gasteiger partial charge in [0.25, 0.3) is 0 Å². The lowest BCUT2D eigenvalue weighted by Gasteiger charge is -2.17. The first-order valence-corrected chi connectivity index (χ1v) is 6.82. The number of amides is 1. The summed E-state index contributed by atoms with van der Waals surface area (Å²) in [5.74, 6) is -1.23. The first-order valence-electron chi connectivity index (χ1n) is 6.03. The Bertz CT molecular complexity index is 523. The van der Waals surface area contributed by atoms with Gasteiger partial charge in [0, 0.05) is 16.6 Å². The number of hydrogen-bond acceptors (Lipinski definition) is 2. The summed E-state index contributed by atoms with van der Waals surface area (Å²) in [7, 11) is 0. The van der Waals surface area contributed by atoms with Crippen molar-refractivity contribution in [3.05, 3.63) is 40.4 Å². The standard InChI is InChI=1S/C14H14BrNO3/c15-12-4-2-1-3-10(12)5-8-13(17)16(9-14(18)19)11-6-7-11/h1-5,8,11H,6-7,9H2,(H,18,19)/b8-5+. The number of carboxylic acid groups (broad SMARTS) is 1. The lowest BCUT2D eigenvalue weighted by molar-refractivity contribution is -0.143. The number of halogens is 1. The molecule has 0 heterocycles. The van der Waals surface area contributed by atoms with Crippen LogP contribution in [0.2, 0.25) is 0 Å². The summed E-state index contributed by atoms with van der Waals surface area (Å²) < 4.78 is 0.898. The van der Waals surface area contributed by atoms with Gasteiger partial charge in [0.05, 0.1) is 0 Å². The summed E-state index contributed by atoms with van der Waals surface area (Å²) in [5.41, 5.74) is 0.891. The Morgan fingerprint density at radius 2 is 2.05 bits per heavy atom. The minimum absolute atomic E-state index is 0.0902. The third-order valence-corrected chi connectivity index (χ3v) is 3.61. The minimum Gasteiger partial charge on any atom is -0.480 e. The quantitative estimate of drug-likeness (QED) is 0.847. The Hall–Kier alpha value is -1.62. The van der Waals surface area contributed by atoms with E-state index in [2.05, 4.69) is 15.9 Å². The fourth-order valence-electron chi connectivity index (χ4n) is 1.79. The normalized spacial score (nSPS) is 14.6. The summed E-state index contributed by atoms with van der Waals surface area (Å²) in [4.78, 5) is 24.2. The number of carbonyl (C=O) groups excluding carboxylic acids is 1. The zero-order valence-electron chi connectivity index (χ0n) is 10.3. The van der Waals surface area contributed by atoms with E-state index in [0.717, 1.165) is 22.9 Å². The van der Waals surface area contributed by atoms with E-state index >= 15 is 0 Å². The van der Waals surface area contributed by atoms with Crippen molar-refractivity contribution in [1.82, 2.24) is 4.90 Å². The van der Waals surface area contributed by atoms with Crippen LogP contribution >= 0.6 is 15.9 Å². The monoisotopic (exact) mass is 323 g/mol. The maximum absolute atomic E-state index is 12.0. The van der Waals surface area contributed by atoms with Crippen molar-refractivity contribution in [2.45, 2.75) is 18.9 Å². The third-order valence-electron chi connectivity index (χ3n) is 2.89. The van der Waals surface area contributed by atoms with E-state index < -0.39 is 5.97 Å². The Kier molecular flexibility index (Phi) is 4.37. The molecule has 1 fully saturated rings. The molecule has 0 spiro atoms. The molecule has 1 aromatic rings. The number of nitrogens with zero attached hydrogens (tertiary/aromatic N) is 1. The second-order valence-corrected chi connectivity index (χ2v) is 5.30. The lowest BCUT2D eigenvalue weighted by Crippen LogP contribution is -2.36. The van der Waals surface area contributed by atoms with Crippen molar-refractivity contribution >= 4 is 33.9 Å². The molecule has 1 saturated carbocycles. The average molecular weight is 324 g/mol. The fourth-order valence-corrected chi connectivity index (χ4v) is 2.20. The van der Waals surface area contributed by atoms with Crippen LogP contribution in [0.3, 0.4) is 0 Å². The first kappa shape index (κ1) is 13.8. The second-order valence-electron chi connectivity index (χ2n) is 4.45. The van der Waals surface area contributed by atoms with Crippen molar-refractivity contribution < 1.29 is 14.7 Å². The van der Waals surface area contributed by atoms with E-state index in [1.54, 1.807) is 6.08 Å². The molecule has 1 aliphatic rings. The molecule has 0 aromatic heterocycles. The van der Waals surface area contributed by atoms with E-state index in [4.69, 9.17) is 5.11 Å². The maximum atomic E-state index is 12.0. The van der Waals surface area contributed by atoms with Crippen molar-refractivity contribution in [3.8, 4) is 0 Å². The van der Waals surface area contributed by atoms with E-state index in [0.29, 0.717) is 0 Å². The predicted octanol–water partition coefficient (Wildman–Crippen LogP) is 2.54.